The van der Waals surface area contributed by atoms with Crippen molar-refractivity contribution in [1.29, 1.82) is 0 Å². The molecule has 0 saturated carbocycles. The number of halogens is 1. The van der Waals surface area contributed by atoms with E-state index in [1.54, 1.807) is 25.3 Å². The van der Waals surface area contributed by atoms with Crippen LogP contribution < -0.4 is 10.1 Å². The molecule has 0 atom stereocenters. The van der Waals surface area contributed by atoms with Crippen molar-refractivity contribution in [2.75, 3.05) is 12.4 Å². The minimum Gasteiger partial charge on any atom is -0.497 e. The maximum atomic E-state index is 12.8. The van der Waals surface area contributed by atoms with Gasteiger partial charge in [0, 0.05) is 15.6 Å². The number of aryl methyl sites for hydroxylation is 3. The van der Waals surface area contributed by atoms with Crippen molar-refractivity contribution in [2.45, 2.75) is 20.8 Å². The number of hydrogen-bond donors (Lipinski definition) is 1. The van der Waals surface area contributed by atoms with E-state index >= 15 is 0 Å². The SMILES string of the molecule is COc1ccc(Br)c(C(=O)Nc2cc(C)nc3c(C)cc(C)cc23)c1. The Balaban J connectivity index is 2.07. The molecule has 1 aromatic heterocycles. The Morgan fingerprint density at radius 3 is 2.60 bits per heavy atom. The van der Waals surface area contributed by atoms with Crippen LogP contribution in [0.3, 0.4) is 0 Å². The van der Waals surface area contributed by atoms with Crippen molar-refractivity contribution in [2.24, 2.45) is 0 Å². The zero-order valence-corrected chi connectivity index (χ0v) is 16.2. The van der Waals surface area contributed by atoms with Crippen LogP contribution in [0.4, 0.5) is 5.69 Å². The summed E-state index contributed by atoms with van der Waals surface area (Å²) in [5.74, 6) is 0.438. The molecule has 5 heteroatoms. The van der Waals surface area contributed by atoms with Gasteiger partial charge in [-0.3, -0.25) is 9.78 Å². The van der Waals surface area contributed by atoms with Crippen LogP contribution in [-0.4, -0.2) is 18.0 Å². The van der Waals surface area contributed by atoms with Gasteiger partial charge in [-0.2, -0.15) is 0 Å². The van der Waals surface area contributed by atoms with E-state index in [1.165, 1.54) is 0 Å². The summed E-state index contributed by atoms with van der Waals surface area (Å²) in [7, 11) is 1.58. The van der Waals surface area contributed by atoms with Crippen LogP contribution in [0.2, 0.25) is 0 Å². The van der Waals surface area contributed by atoms with Gasteiger partial charge in [-0.25, -0.2) is 0 Å². The van der Waals surface area contributed by atoms with Crippen LogP contribution >= 0.6 is 15.9 Å². The van der Waals surface area contributed by atoms with E-state index in [2.05, 4.69) is 32.3 Å². The number of nitrogens with one attached hydrogen (secondary N) is 1. The van der Waals surface area contributed by atoms with E-state index in [0.29, 0.717) is 15.8 Å². The lowest BCUT2D eigenvalue weighted by atomic mass is 10.0. The first-order valence-corrected chi connectivity index (χ1v) is 8.72. The monoisotopic (exact) mass is 398 g/mol. The van der Waals surface area contributed by atoms with Gasteiger partial charge in [0.05, 0.1) is 23.9 Å². The standard InChI is InChI=1S/C20H19BrN2O2/c1-11-7-12(2)19-16(8-11)18(9-13(3)22-19)23-20(24)15-10-14(25-4)5-6-17(15)21/h5-10H,1-4H3,(H,22,23,24). The van der Waals surface area contributed by atoms with E-state index in [4.69, 9.17) is 4.74 Å². The molecule has 3 rings (SSSR count). The number of amides is 1. The lowest BCUT2D eigenvalue weighted by Crippen LogP contribution is -2.13. The third kappa shape index (κ3) is 3.51. The van der Waals surface area contributed by atoms with Gasteiger partial charge < -0.3 is 10.1 Å². The minimum absolute atomic E-state index is 0.197. The predicted octanol–water partition coefficient (Wildman–Crippen LogP) is 5.18. The number of ether oxygens (including phenoxy) is 1. The van der Waals surface area contributed by atoms with Crippen molar-refractivity contribution in [3.63, 3.8) is 0 Å². The summed E-state index contributed by atoms with van der Waals surface area (Å²) in [5.41, 5.74) is 5.27. The molecule has 4 nitrogen and oxygen atoms in total. The normalized spacial score (nSPS) is 10.8. The summed E-state index contributed by atoms with van der Waals surface area (Å²) in [6.07, 6.45) is 0. The van der Waals surface area contributed by atoms with Crippen LogP contribution in [0.15, 0.2) is 40.9 Å². The summed E-state index contributed by atoms with van der Waals surface area (Å²) in [5, 5.41) is 3.96. The van der Waals surface area contributed by atoms with Crippen LogP contribution in [0.1, 0.15) is 27.2 Å². The van der Waals surface area contributed by atoms with Crippen molar-refractivity contribution in [3.8, 4) is 5.75 Å². The van der Waals surface area contributed by atoms with Gasteiger partial charge in [-0.15, -0.1) is 0 Å². The minimum atomic E-state index is -0.197. The first-order chi connectivity index (χ1) is 11.9. The second kappa shape index (κ2) is 6.84. The van der Waals surface area contributed by atoms with Crippen molar-refractivity contribution < 1.29 is 9.53 Å². The average Bonchev–Trinajstić information content (AvgIpc) is 2.56. The molecule has 0 aliphatic rings. The molecule has 25 heavy (non-hydrogen) atoms. The highest BCUT2D eigenvalue weighted by Gasteiger charge is 2.15. The molecule has 0 aliphatic heterocycles. The van der Waals surface area contributed by atoms with Gasteiger partial charge >= 0.3 is 0 Å². The molecule has 0 unspecified atom stereocenters. The van der Waals surface area contributed by atoms with Crippen LogP contribution in [0.5, 0.6) is 5.75 Å². The Morgan fingerprint density at radius 1 is 1.12 bits per heavy atom. The first kappa shape index (κ1) is 17.4. The predicted molar refractivity (Wildman–Crippen MR) is 105 cm³/mol. The number of nitrogens with zero attached hydrogens (tertiary/aromatic N) is 1. The average molecular weight is 399 g/mol. The summed E-state index contributed by atoms with van der Waals surface area (Å²) < 4.78 is 5.94. The topological polar surface area (TPSA) is 51.2 Å². The van der Waals surface area contributed by atoms with Gasteiger partial charge in [0.25, 0.3) is 5.91 Å². The zero-order valence-electron chi connectivity index (χ0n) is 14.6. The van der Waals surface area contributed by atoms with Crippen LogP contribution in [-0.2, 0) is 0 Å². The summed E-state index contributed by atoms with van der Waals surface area (Å²) in [4.78, 5) is 17.4. The van der Waals surface area contributed by atoms with E-state index in [0.717, 1.165) is 33.4 Å². The molecule has 0 spiro atoms. The van der Waals surface area contributed by atoms with Gasteiger partial charge in [-0.1, -0.05) is 11.6 Å². The maximum absolute atomic E-state index is 12.8. The molecule has 0 aliphatic carbocycles. The molecule has 1 amide bonds. The molecular weight excluding hydrogens is 380 g/mol. The summed E-state index contributed by atoms with van der Waals surface area (Å²) in [6, 6.07) is 11.4. The first-order valence-electron chi connectivity index (χ1n) is 7.92. The highest BCUT2D eigenvalue weighted by molar-refractivity contribution is 9.10. The molecule has 2 aromatic carbocycles. The lowest BCUT2D eigenvalue weighted by molar-refractivity contribution is 0.102. The fourth-order valence-corrected chi connectivity index (χ4v) is 3.33. The Kier molecular flexibility index (Phi) is 4.77. The number of pyridine rings is 1. The maximum Gasteiger partial charge on any atom is 0.256 e. The number of fused-ring (bicyclic) bond motifs is 1. The number of carbonyl (C=O) groups is 1. The van der Waals surface area contributed by atoms with Crippen LogP contribution in [0, 0.1) is 20.8 Å². The molecule has 1 heterocycles. The number of aromatic nitrogens is 1. The van der Waals surface area contributed by atoms with Gasteiger partial charge in [0.2, 0.25) is 0 Å². The molecule has 128 valence electrons. The molecule has 3 aromatic rings. The van der Waals surface area contributed by atoms with Gasteiger partial charge in [0.1, 0.15) is 5.75 Å². The number of carbonyl (C=O) groups excluding carboxylic acids is 1. The summed E-state index contributed by atoms with van der Waals surface area (Å²) >= 11 is 3.43. The Hall–Kier alpha value is -2.40. The second-order valence-corrected chi connectivity index (χ2v) is 6.94. The van der Waals surface area contributed by atoms with Crippen molar-refractivity contribution in [1.82, 2.24) is 4.98 Å². The second-order valence-electron chi connectivity index (χ2n) is 6.09. The smallest absolute Gasteiger partial charge is 0.256 e. The summed E-state index contributed by atoms with van der Waals surface area (Å²) in [6.45, 7) is 6.00. The highest BCUT2D eigenvalue weighted by atomic mass is 79.9. The number of hydrogen-bond acceptors (Lipinski definition) is 3. The lowest BCUT2D eigenvalue weighted by Gasteiger charge is -2.13. The van der Waals surface area contributed by atoms with E-state index in [-0.39, 0.29) is 5.91 Å². The third-order valence-corrected chi connectivity index (χ3v) is 4.73. The quantitative estimate of drug-likeness (QED) is 0.660. The molecule has 0 saturated heterocycles. The number of rotatable bonds is 3. The van der Waals surface area contributed by atoms with Crippen molar-refractivity contribution >= 4 is 38.4 Å². The number of anilines is 1. The van der Waals surface area contributed by atoms with E-state index < -0.39 is 0 Å². The van der Waals surface area contributed by atoms with E-state index in [1.807, 2.05) is 32.9 Å². The van der Waals surface area contributed by atoms with Gasteiger partial charge in [0.15, 0.2) is 0 Å². The largest absolute Gasteiger partial charge is 0.497 e. The van der Waals surface area contributed by atoms with Gasteiger partial charge in [-0.05, 0) is 72.6 Å². The Labute approximate surface area is 155 Å². The van der Waals surface area contributed by atoms with Crippen molar-refractivity contribution in [3.05, 3.63) is 63.3 Å². The molecule has 1 N–H and O–H groups in total. The Bertz CT molecular complexity index is 983. The highest BCUT2D eigenvalue weighted by Crippen LogP contribution is 2.29. The molecule has 0 radical (unpaired) electrons. The number of benzene rings is 2. The van der Waals surface area contributed by atoms with Crippen LogP contribution in [0.25, 0.3) is 10.9 Å². The molecule has 0 bridgehead atoms. The zero-order chi connectivity index (χ0) is 18.1. The molecule has 0 fully saturated rings. The van der Waals surface area contributed by atoms with E-state index in [9.17, 15) is 4.79 Å². The fourth-order valence-electron chi connectivity index (χ4n) is 2.91. The fraction of sp³-hybridized carbons (Fsp3) is 0.200. The Morgan fingerprint density at radius 2 is 1.88 bits per heavy atom. The third-order valence-electron chi connectivity index (χ3n) is 4.04. The number of methoxy groups -OCH3 is 1. The molecular formula is C20H19BrN2O2.